The number of fused-ring (bicyclic) bond motifs is 1. The van der Waals surface area contributed by atoms with E-state index in [1.807, 2.05) is 0 Å². The van der Waals surface area contributed by atoms with Gasteiger partial charge in [-0.1, -0.05) is 0 Å². The third-order valence-corrected chi connectivity index (χ3v) is 2.77. The SMILES string of the molecule is CCNc1c(C(=O)OCC)cnc2c(F)ccc(F)c12. The van der Waals surface area contributed by atoms with Crippen molar-refractivity contribution >= 4 is 22.6 Å². The van der Waals surface area contributed by atoms with Gasteiger partial charge >= 0.3 is 5.97 Å². The van der Waals surface area contributed by atoms with Crippen LogP contribution in [0, 0.1) is 11.6 Å². The van der Waals surface area contributed by atoms with E-state index >= 15 is 0 Å². The third kappa shape index (κ3) is 2.41. The first kappa shape index (κ1) is 14.2. The van der Waals surface area contributed by atoms with Crippen LogP contribution < -0.4 is 5.32 Å². The monoisotopic (exact) mass is 280 g/mol. The Morgan fingerprint density at radius 3 is 2.65 bits per heavy atom. The lowest BCUT2D eigenvalue weighted by molar-refractivity contribution is 0.0527. The summed E-state index contributed by atoms with van der Waals surface area (Å²) in [7, 11) is 0. The summed E-state index contributed by atoms with van der Waals surface area (Å²) in [4.78, 5) is 15.7. The summed E-state index contributed by atoms with van der Waals surface area (Å²) in [6.45, 7) is 4.09. The van der Waals surface area contributed by atoms with Crippen LogP contribution >= 0.6 is 0 Å². The van der Waals surface area contributed by atoms with Crippen molar-refractivity contribution in [3.8, 4) is 0 Å². The van der Waals surface area contributed by atoms with E-state index in [1.165, 1.54) is 6.20 Å². The second-order valence-corrected chi connectivity index (χ2v) is 4.05. The molecular formula is C14H14F2N2O2. The van der Waals surface area contributed by atoms with Crippen molar-refractivity contribution in [1.82, 2.24) is 4.98 Å². The number of carbonyl (C=O) groups excluding carboxylic acids is 1. The van der Waals surface area contributed by atoms with Crippen LogP contribution in [0.1, 0.15) is 24.2 Å². The fraction of sp³-hybridized carbons (Fsp3) is 0.286. The maximum Gasteiger partial charge on any atom is 0.341 e. The first-order chi connectivity index (χ1) is 9.60. The average Bonchev–Trinajstić information content (AvgIpc) is 2.43. The first-order valence-electron chi connectivity index (χ1n) is 6.27. The van der Waals surface area contributed by atoms with E-state index in [0.29, 0.717) is 6.54 Å². The summed E-state index contributed by atoms with van der Waals surface area (Å²) in [5, 5.41) is 2.83. The van der Waals surface area contributed by atoms with Gasteiger partial charge in [0.05, 0.1) is 17.7 Å². The third-order valence-electron chi connectivity index (χ3n) is 2.77. The highest BCUT2D eigenvalue weighted by molar-refractivity contribution is 6.05. The number of halogens is 2. The largest absolute Gasteiger partial charge is 0.462 e. The Morgan fingerprint density at radius 2 is 2.00 bits per heavy atom. The zero-order chi connectivity index (χ0) is 14.7. The predicted octanol–water partition coefficient (Wildman–Crippen LogP) is 3.12. The maximum absolute atomic E-state index is 14.0. The minimum atomic E-state index is -0.643. The molecule has 1 N–H and O–H groups in total. The zero-order valence-corrected chi connectivity index (χ0v) is 11.2. The highest BCUT2D eigenvalue weighted by Gasteiger charge is 2.20. The highest BCUT2D eigenvalue weighted by Crippen LogP contribution is 2.30. The van der Waals surface area contributed by atoms with E-state index in [2.05, 4.69) is 10.3 Å². The fourth-order valence-corrected chi connectivity index (χ4v) is 1.96. The molecule has 2 rings (SSSR count). The van der Waals surface area contributed by atoms with Gasteiger partial charge in [0.1, 0.15) is 22.7 Å². The van der Waals surface area contributed by atoms with Gasteiger partial charge in [-0.25, -0.2) is 13.6 Å². The quantitative estimate of drug-likeness (QED) is 0.874. The predicted molar refractivity (Wildman–Crippen MR) is 71.8 cm³/mol. The summed E-state index contributed by atoms with van der Waals surface area (Å²) in [5.74, 6) is -1.91. The molecule has 2 aromatic rings. The minimum Gasteiger partial charge on any atom is -0.462 e. The highest BCUT2D eigenvalue weighted by atomic mass is 19.1. The van der Waals surface area contributed by atoms with E-state index in [9.17, 15) is 13.6 Å². The normalized spacial score (nSPS) is 10.6. The summed E-state index contributed by atoms with van der Waals surface area (Å²) >= 11 is 0. The molecule has 0 aliphatic heterocycles. The molecule has 0 radical (unpaired) electrons. The molecule has 0 saturated carbocycles. The van der Waals surface area contributed by atoms with Crippen molar-refractivity contribution in [1.29, 1.82) is 0 Å². The van der Waals surface area contributed by atoms with Gasteiger partial charge in [0.2, 0.25) is 0 Å². The summed E-state index contributed by atoms with van der Waals surface area (Å²) in [5.41, 5.74) is 0.174. The Morgan fingerprint density at radius 1 is 1.30 bits per heavy atom. The van der Waals surface area contributed by atoms with Crippen LogP contribution in [-0.4, -0.2) is 24.1 Å². The number of hydrogen-bond donors (Lipinski definition) is 1. The molecule has 1 heterocycles. The lowest BCUT2D eigenvalue weighted by atomic mass is 10.1. The molecule has 6 heteroatoms. The minimum absolute atomic E-state index is 0.0441. The molecule has 0 amide bonds. The van der Waals surface area contributed by atoms with Crippen molar-refractivity contribution in [3.05, 3.63) is 35.5 Å². The van der Waals surface area contributed by atoms with Crippen LogP contribution in [0.15, 0.2) is 18.3 Å². The Bertz CT molecular complexity index is 659. The lowest BCUT2D eigenvalue weighted by Crippen LogP contribution is -2.11. The Hall–Kier alpha value is -2.24. The van der Waals surface area contributed by atoms with Gasteiger partial charge in [0.15, 0.2) is 0 Å². The van der Waals surface area contributed by atoms with Crippen molar-refractivity contribution in [3.63, 3.8) is 0 Å². The number of carbonyl (C=O) groups is 1. The van der Waals surface area contributed by atoms with Gasteiger partial charge in [-0.15, -0.1) is 0 Å². The molecule has 0 bridgehead atoms. The molecule has 106 valence electrons. The number of ether oxygens (including phenoxy) is 1. The van der Waals surface area contributed by atoms with Crippen LogP contribution in [0.2, 0.25) is 0 Å². The van der Waals surface area contributed by atoms with Gasteiger partial charge in [-0.05, 0) is 26.0 Å². The lowest BCUT2D eigenvalue weighted by Gasteiger charge is -2.13. The molecule has 0 unspecified atom stereocenters. The molecule has 0 spiro atoms. The smallest absolute Gasteiger partial charge is 0.341 e. The van der Waals surface area contributed by atoms with Crippen molar-refractivity contribution in [2.45, 2.75) is 13.8 Å². The maximum atomic E-state index is 14.0. The number of rotatable bonds is 4. The number of aromatic nitrogens is 1. The molecule has 0 fully saturated rings. The Labute approximate surface area is 114 Å². The van der Waals surface area contributed by atoms with Gasteiger partial charge in [-0.2, -0.15) is 0 Å². The fourth-order valence-electron chi connectivity index (χ4n) is 1.96. The molecule has 1 aromatic carbocycles. The van der Waals surface area contributed by atoms with E-state index in [-0.39, 0.29) is 28.8 Å². The van der Waals surface area contributed by atoms with E-state index < -0.39 is 17.6 Å². The topological polar surface area (TPSA) is 51.2 Å². The van der Waals surface area contributed by atoms with Crippen LogP contribution in [0.4, 0.5) is 14.5 Å². The summed E-state index contributed by atoms with van der Waals surface area (Å²) in [6.07, 6.45) is 1.20. The molecule has 20 heavy (non-hydrogen) atoms. The molecule has 1 aromatic heterocycles. The van der Waals surface area contributed by atoms with Crippen LogP contribution in [0.25, 0.3) is 10.9 Å². The van der Waals surface area contributed by atoms with Crippen LogP contribution in [-0.2, 0) is 4.74 Å². The molecular weight excluding hydrogens is 266 g/mol. The molecule has 0 aliphatic carbocycles. The van der Waals surface area contributed by atoms with Crippen molar-refractivity contribution in [2.75, 3.05) is 18.5 Å². The van der Waals surface area contributed by atoms with Crippen LogP contribution in [0.3, 0.4) is 0 Å². The second kappa shape index (κ2) is 5.81. The average molecular weight is 280 g/mol. The zero-order valence-electron chi connectivity index (χ0n) is 11.2. The molecule has 4 nitrogen and oxygen atoms in total. The van der Waals surface area contributed by atoms with Gasteiger partial charge in [0, 0.05) is 12.7 Å². The van der Waals surface area contributed by atoms with Gasteiger partial charge in [0.25, 0.3) is 0 Å². The number of pyridine rings is 1. The Balaban J connectivity index is 2.74. The standard InChI is InChI=1S/C14H14F2N2O2/c1-3-17-12-8(14(19)20-4-2)7-18-13-10(16)6-5-9(15)11(12)13/h5-7H,3-4H2,1-2H3,(H,17,18). The molecule has 0 saturated heterocycles. The molecule has 0 atom stereocenters. The van der Waals surface area contributed by atoms with Gasteiger partial charge < -0.3 is 10.1 Å². The number of nitrogens with one attached hydrogen (secondary N) is 1. The number of nitrogens with zero attached hydrogens (tertiary/aromatic N) is 1. The van der Waals surface area contributed by atoms with Gasteiger partial charge in [-0.3, -0.25) is 4.98 Å². The van der Waals surface area contributed by atoms with Crippen molar-refractivity contribution in [2.24, 2.45) is 0 Å². The van der Waals surface area contributed by atoms with Crippen molar-refractivity contribution < 1.29 is 18.3 Å². The van der Waals surface area contributed by atoms with E-state index in [1.54, 1.807) is 13.8 Å². The van der Waals surface area contributed by atoms with E-state index in [0.717, 1.165) is 12.1 Å². The number of esters is 1. The first-order valence-corrected chi connectivity index (χ1v) is 6.27. The molecule has 0 aliphatic rings. The number of benzene rings is 1. The Kier molecular flexibility index (Phi) is 4.12. The summed E-state index contributed by atoms with van der Waals surface area (Å²) < 4.78 is 32.6. The summed E-state index contributed by atoms with van der Waals surface area (Å²) in [6, 6.07) is 2.01. The van der Waals surface area contributed by atoms with E-state index in [4.69, 9.17) is 4.74 Å². The number of anilines is 1. The number of hydrogen-bond acceptors (Lipinski definition) is 4. The second-order valence-electron chi connectivity index (χ2n) is 4.05. The van der Waals surface area contributed by atoms with Crippen LogP contribution in [0.5, 0.6) is 0 Å².